The largest absolute Gasteiger partial charge is 0.468 e. The number of hydrogen-bond donors (Lipinski definition) is 0. The summed E-state index contributed by atoms with van der Waals surface area (Å²) in [6.07, 6.45) is 2.02. The number of ether oxygens (including phenoxy) is 1. The van der Waals surface area contributed by atoms with Gasteiger partial charge in [-0.05, 0) is 11.6 Å². The van der Waals surface area contributed by atoms with Crippen molar-refractivity contribution in [3.63, 3.8) is 0 Å². The average molecular weight is 271 g/mol. The van der Waals surface area contributed by atoms with Gasteiger partial charge in [0.15, 0.2) is 0 Å². The molecule has 4 nitrogen and oxygen atoms in total. The van der Waals surface area contributed by atoms with E-state index in [1.165, 1.54) is 0 Å². The maximum absolute atomic E-state index is 12.1. The highest BCUT2D eigenvalue weighted by Crippen LogP contribution is 2.22. The predicted octanol–water partition coefficient (Wildman–Crippen LogP) is 2.35. The van der Waals surface area contributed by atoms with E-state index in [1.807, 2.05) is 41.3 Å². The van der Waals surface area contributed by atoms with Gasteiger partial charge in [-0.2, -0.15) is 0 Å². The van der Waals surface area contributed by atoms with E-state index in [1.54, 1.807) is 6.26 Å². The topological polar surface area (TPSA) is 42.7 Å². The molecule has 0 atom stereocenters. The SMILES string of the molecule is O=C(Cc1cc(-c2ccccc2)co1)N1CCOCC1. The summed E-state index contributed by atoms with van der Waals surface area (Å²) in [7, 11) is 0. The molecule has 1 saturated heterocycles. The highest BCUT2D eigenvalue weighted by Gasteiger charge is 2.18. The maximum Gasteiger partial charge on any atom is 0.230 e. The minimum Gasteiger partial charge on any atom is -0.468 e. The van der Waals surface area contributed by atoms with Crippen molar-refractivity contribution in [2.24, 2.45) is 0 Å². The lowest BCUT2D eigenvalue weighted by molar-refractivity contribution is -0.134. The molecule has 1 fully saturated rings. The first-order chi connectivity index (χ1) is 9.83. The Kier molecular flexibility index (Phi) is 3.83. The molecule has 1 aromatic heterocycles. The van der Waals surface area contributed by atoms with Gasteiger partial charge in [-0.15, -0.1) is 0 Å². The summed E-state index contributed by atoms with van der Waals surface area (Å²) in [6.45, 7) is 2.59. The lowest BCUT2D eigenvalue weighted by atomic mass is 10.1. The second-order valence-electron chi connectivity index (χ2n) is 4.84. The quantitative estimate of drug-likeness (QED) is 0.860. The third-order valence-corrected chi connectivity index (χ3v) is 3.45. The number of carbonyl (C=O) groups excluding carboxylic acids is 1. The molecule has 1 aliphatic heterocycles. The number of benzene rings is 1. The van der Waals surface area contributed by atoms with E-state index in [2.05, 4.69) is 0 Å². The van der Waals surface area contributed by atoms with Crippen LogP contribution < -0.4 is 0 Å². The van der Waals surface area contributed by atoms with E-state index in [4.69, 9.17) is 9.15 Å². The van der Waals surface area contributed by atoms with Crippen molar-refractivity contribution in [1.82, 2.24) is 4.90 Å². The molecule has 1 amide bonds. The smallest absolute Gasteiger partial charge is 0.230 e. The molecule has 0 aliphatic carbocycles. The number of morpholine rings is 1. The van der Waals surface area contributed by atoms with Crippen LogP contribution in [0.15, 0.2) is 47.1 Å². The van der Waals surface area contributed by atoms with Crippen LogP contribution in [0.1, 0.15) is 5.76 Å². The second kappa shape index (κ2) is 5.92. The molecule has 0 spiro atoms. The van der Waals surface area contributed by atoms with E-state index in [0.29, 0.717) is 38.5 Å². The molecule has 0 saturated carbocycles. The highest BCUT2D eigenvalue weighted by molar-refractivity contribution is 5.78. The van der Waals surface area contributed by atoms with Crippen LogP contribution in [0, 0.1) is 0 Å². The van der Waals surface area contributed by atoms with Crippen molar-refractivity contribution in [2.45, 2.75) is 6.42 Å². The predicted molar refractivity (Wildman–Crippen MR) is 75.2 cm³/mol. The molecule has 0 radical (unpaired) electrons. The van der Waals surface area contributed by atoms with Gasteiger partial charge in [-0.25, -0.2) is 0 Å². The maximum atomic E-state index is 12.1. The molecule has 4 heteroatoms. The van der Waals surface area contributed by atoms with Crippen molar-refractivity contribution in [2.75, 3.05) is 26.3 Å². The van der Waals surface area contributed by atoms with E-state index in [0.717, 1.165) is 11.1 Å². The fourth-order valence-electron chi connectivity index (χ4n) is 2.33. The number of hydrogen-bond acceptors (Lipinski definition) is 3. The van der Waals surface area contributed by atoms with Gasteiger partial charge in [-0.1, -0.05) is 30.3 Å². The van der Waals surface area contributed by atoms with E-state index >= 15 is 0 Å². The van der Waals surface area contributed by atoms with Crippen molar-refractivity contribution in [3.05, 3.63) is 48.4 Å². The van der Waals surface area contributed by atoms with E-state index in [-0.39, 0.29) is 5.91 Å². The van der Waals surface area contributed by atoms with E-state index in [9.17, 15) is 4.79 Å². The Labute approximate surface area is 118 Å². The number of rotatable bonds is 3. The van der Waals surface area contributed by atoms with Gasteiger partial charge in [-0.3, -0.25) is 4.79 Å². The summed E-state index contributed by atoms with van der Waals surface area (Å²) in [4.78, 5) is 14.0. The summed E-state index contributed by atoms with van der Waals surface area (Å²) >= 11 is 0. The molecule has 0 unspecified atom stereocenters. The molecule has 2 heterocycles. The van der Waals surface area contributed by atoms with Crippen molar-refractivity contribution < 1.29 is 13.9 Å². The molecular weight excluding hydrogens is 254 g/mol. The molecule has 20 heavy (non-hydrogen) atoms. The Morgan fingerprint density at radius 2 is 1.85 bits per heavy atom. The monoisotopic (exact) mass is 271 g/mol. The first-order valence-electron chi connectivity index (χ1n) is 6.81. The lowest BCUT2D eigenvalue weighted by Crippen LogP contribution is -2.41. The van der Waals surface area contributed by atoms with Crippen LogP contribution in [-0.4, -0.2) is 37.1 Å². The standard InChI is InChI=1S/C16H17NO3/c18-16(17-6-8-19-9-7-17)11-15-10-14(12-20-15)13-4-2-1-3-5-13/h1-5,10,12H,6-9,11H2. The Hall–Kier alpha value is -2.07. The number of nitrogens with zero attached hydrogens (tertiary/aromatic N) is 1. The van der Waals surface area contributed by atoms with Crippen molar-refractivity contribution in [3.8, 4) is 11.1 Å². The fraction of sp³-hybridized carbons (Fsp3) is 0.312. The molecule has 3 rings (SSSR count). The number of furan rings is 1. The summed E-state index contributed by atoms with van der Waals surface area (Å²) in [6, 6.07) is 11.9. The first kappa shape index (κ1) is 12.9. The molecule has 0 N–H and O–H groups in total. The van der Waals surface area contributed by atoms with Gasteiger partial charge >= 0.3 is 0 Å². The van der Waals surface area contributed by atoms with Gasteiger partial charge in [0.2, 0.25) is 5.91 Å². The van der Waals surface area contributed by atoms with Crippen LogP contribution in [0.4, 0.5) is 0 Å². The minimum absolute atomic E-state index is 0.0993. The second-order valence-corrected chi connectivity index (χ2v) is 4.84. The molecule has 1 aromatic carbocycles. The summed E-state index contributed by atoms with van der Waals surface area (Å²) in [5.74, 6) is 0.808. The van der Waals surface area contributed by atoms with Crippen LogP contribution in [0.5, 0.6) is 0 Å². The van der Waals surface area contributed by atoms with Gasteiger partial charge < -0.3 is 14.1 Å². The molecule has 2 aromatic rings. The number of carbonyl (C=O) groups is 1. The van der Waals surface area contributed by atoms with Crippen LogP contribution in [0.3, 0.4) is 0 Å². The van der Waals surface area contributed by atoms with Crippen LogP contribution >= 0.6 is 0 Å². The van der Waals surface area contributed by atoms with Gasteiger partial charge in [0.25, 0.3) is 0 Å². The molecule has 104 valence electrons. The zero-order chi connectivity index (χ0) is 13.8. The Morgan fingerprint density at radius 3 is 2.60 bits per heavy atom. The third kappa shape index (κ3) is 2.91. The van der Waals surface area contributed by atoms with Crippen molar-refractivity contribution >= 4 is 5.91 Å². The Morgan fingerprint density at radius 1 is 1.10 bits per heavy atom. The normalized spacial score (nSPS) is 15.3. The van der Waals surface area contributed by atoms with Gasteiger partial charge in [0.1, 0.15) is 5.76 Å². The number of amides is 1. The average Bonchev–Trinajstić information content (AvgIpc) is 2.97. The zero-order valence-corrected chi connectivity index (χ0v) is 11.2. The molecular formula is C16H17NO3. The highest BCUT2D eigenvalue weighted by atomic mass is 16.5. The Bertz CT molecular complexity index is 570. The molecule has 0 bridgehead atoms. The van der Waals surface area contributed by atoms with Gasteiger partial charge in [0, 0.05) is 18.7 Å². The zero-order valence-electron chi connectivity index (χ0n) is 11.2. The van der Waals surface area contributed by atoms with Crippen molar-refractivity contribution in [1.29, 1.82) is 0 Å². The third-order valence-electron chi connectivity index (χ3n) is 3.45. The van der Waals surface area contributed by atoms with Crippen LogP contribution in [0.25, 0.3) is 11.1 Å². The minimum atomic E-state index is 0.0993. The summed E-state index contributed by atoms with van der Waals surface area (Å²) < 4.78 is 10.7. The lowest BCUT2D eigenvalue weighted by Gasteiger charge is -2.26. The van der Waals surface area contributed by atoms with Crippen LogP contribution in [0.2, 0.25) is 0 Å². The summed E-state index contributed by atoms with van der Waals surface area (Å²) in [5, 5.41) is 0. The van der Waals surface area contributed by atoms with Gasteiger partial charge in [0.05, 0.1) is 25.9 Å². The fourth-order valence-corrected chi connectivity index (χ4v) is 2.33. The Balaban J connectivity index is 1.66. The molecule has 1 aliphatic rings. The summed E-state index contributed by atoms with van der Waals surface area (Å²) in [5.41, 5.74) is 2.11. The van der Waals surface area contributed by atoms with Crippen LogP contribution in [-0.2, 0) is 16.0 Å². The first-order valence-corrected chi connectivity index (χ1v) is 6.81. The van der Waals surface area contributed by atoms with E-state index < -0.39 is 0 Å².